The van der Waals surface area contributed by atoms with E-state index in [1.165, 1.54) is 11.9 Å². The number of aliphatic imine (C=N–C) groups is 1. The summed E-state index contributed by atoms with van der Waals surface area (Å²) in [5, 5.41) is 0.707. The summed E-state index contributed by atoms with van der Waals surface area (Å²) in [6.45, 7) is 0.400. The molecule has 10 heteroatoms. The highest BCUT2D eigenvalue weighted by Crippen LogP contribution is 2.38. The molecule has 0 radical (unpaired) electrons. The third kappa shape index (κ3) is 2.34. The number of rotatable bonds is 2. The van der Waals surface area contributed by atoms with E-state index >= 15 is 0 Å². The monoisotopic (exact) mass is 380 g/mol. The molecule has 3 heterocycles. The van der Waals surface area contributed by atoms with Gasteiger partial charge in [0.1, 0.15) is 5.84 Å². The van der Waals surface area contributed by atoms with Gasteiger partial charge in [-0.2, -0.15) is 0 Å². The molecule has 8 nitrogen and oxygen atoms in total. The van der Waals surface area contributed by atoms with Crippen molar-refractivity contribution in [1.29, 1.82) is 0 Å². The Kier molecular flexibility index (Phi) is 3.58. The van der Waals surface area contributed by atoms with Crippen LogP contribution in [0.3, 0.4) is 0 Å². The Bertz CT molecular complexity index is 858. The standard InChI is InChI=1S/C15H13ClN4O4S/c1-18-12-11(13(21)19(2)15(18)22)20(14(25)17-12)5-7-3-9-10(4-8(7)16)24-6-23-9/h3-4,11H,5-6H2,1-2H3. The summed E-state index contributed by atoms with van der Waals surface area (Å²) in [6.07, 6.45) is 0. The van der Waals surface area contributed by atoms with Crippen LogP contribution in [0, 0.1) is 0 Å². The number of carbonyl (C=O) groups is 2. The fourth-order valence-corrected chi connectivity index (χ4v) is 3.48. The number of urea groups is 1. The molecule has 0 spiro atoms. The minimum Gasteiger partial charge on any atom is -0.454 e. The first-order chi connectivity index (χ1) is 11.9. The van der Waals surface area contributed by atoms with Gasteiger partial charge in [0.05, 0.1) is 0 Å². The average Bonchev–Trinajstić information content (AvgIpc) is 3.16. The maximum absolute atomic E-state index is 12.6. The first-order valence-corrected chi connectivity index (χ1v) is 8.19. The lowest BCUT2D eigenvalue weighted by Crippen LogP contribution is -2.62. The summed E-state index contributed by atoms with van der Waals surface area (Å²) in [7, 11) is 3.00. The number of nitrogens with zero attached hydrogens (tertiary/aromatic N) is 4. The van der Waals surface area contributed by atoms with E-state index in [-0.39, 0.29) is 24.4 Å². The summed E-state index contributed by atoms with van der Waals surface area (Å²) in [5.74, 6) is 1.12. The van der Waals surface area contributed by atoms with E-state index in [0.29, 0.717) is 22.4 Å². The van der Waals surface area contributed by atoms with Crippen LogP contribution in [0.2, 0.25) is 5.02 Å². The largest absolute Gasteiger partial charge is 0.454 e. The van der Waals surface area contributed by atoms with E-state index in [2.05, 4.69) is 4.99 Å². The van der Waals surface area contributed by atoms with Crippen LogP contribution in [0.1, 0.15) is 5.56 Å². The van der Waals surface area contributed by atoms with E-state index in [1.54, 1.807) is 24.1 Å². The molecule has 1 aromatic rings. The zero-order chi connectivity index (χ0) is 17.9. The Morgan fingerprint density at radius 2 is 1.92 bits per heavy atom. The molecule has 0 N–H and O–H groups in total. The molecule has 4 rings (SSSR count). The van der Waals surface area contributed by atoms with Gasteiger partial charge in [-0.05, 0) is 23.8 Å². The molecular formula is C15H13ClN4O4S. The average molecular weight is 381 g/mol. The number of carbonyl (C=O) groups excluding carboxylic acids is 2. The SMILES string of the molecule is CN1C(=O)C2C(=NC(=S)N2Cc2cc3c(cc2Cl)OCO3)N(C)C1=O. The van der Waals surface area contributed by atoms with E-state index in [0.717, 1.165) is 10.5 Å². The number of fused-ring (bicyclic) bond motifs is 2. The predicted molar refractivity (Wildman–Crippen MR) is 92.9 cm³/mol. The molecule has 1 unspecified atom stereocenters. The minimum atomic E-state index is -0.748. The summed E-state index contributed by atoms with van der Waals surface area (Å²) in [5.41, 5.74) is 0.722. The number of likely N-dealkylation sites (N-methyl/N-ethyl adjacent to an activating group) is 2. The predicted octanol–water partition coefficient (Wildman–Crippen LogP) is 1.46. The molecule has 0 aliphatic carbocycles. The number of halogens is 1. The van der Waals surface area contributed by atoms with E-state index in [9.17, 15) is 9.59 Å². The second-order valence-corrected chi connectivity index (χ2v) is 6.59. The van der Waals surface area contributed by atoms with Crippen LogP contribution in [0.15, 0.2) is 17.1 Å². The zero-order valence-electron chi connectivity index (χ0n) is 13.4. The van der Waals surface area contributed by atoms with Crippen molar-refractivity contribution in [2.45, 2.75) is 12.6 Å². The van der Waals surface area contributed by atoms with Gasteiger partial charge in [-0.25, -0.2) is 9.79 Å². The van der Waals surface area contributed by atoms with E-state index in [1.807, 2.05) is 0 Å². The summed E-state index contributed by atoms with van der Waals surface area (Å²) in [6, 6.07) is 2.24. The van der Waals surface area contributed by atoms with Gasteiger partial charge in [0.2, 0.25) is 6.79 Å². The fourth-order valence-electron chi connectivity index (χ4n) is 3.00. The van der Waals surface area contributed by atoms with Gasteiger partial charge >= 0.3 is 6.03 Å². The van der Waals surface area contributed by atoms with Crippen molar-refractivity contribution in [3.05, 3.63) is 22.7 Å². The first kappa shape index (κ1) is 16.1. The number of amides is 3. The Hall–Kier alpha value is -2.39. The topological polar surface area (TPSA) is 74.7 Å². The summed E-state index contributed by atoms with van der Waals surface area (Å²) >= 11 is 11.6. The van der Waals surface area contributed by atoms with Crippen molar-refractivity contribution in [3.8, 4) is 11.5 Å². The second-order valence-electron chi connectivity index (χ2n) is 5.82. The highest BCUT2D eigenvalue weighted by Gasteiger charge is 2.48. The molecule has 3 aliphatic rings. The molecule has 3 aliphatic heterocycles. The van der Waals surface area contributed by atoms with Crippen molar-refractivity contribution in [2.24, 2.45) is 4.99 Å². The number of ether oxygens (including phenoxy) is 2. The maximum atomic E-state index is 12.6. The molecule has 1 atom stereocenters. The number of hydrogen-bond acceptors (Lipinski definition) is 5. The van der Waals surface area contributed by atoms with E-state index in [4.69, 9.17) is 33.3 Å². The van der Waals surface area contributed by atoms with Gasteiger partial charge in [0.15, 0.2) is 22.7 Å². The van der Waals surface area contributed by atoms with Crippen molar-refractivity contribution >= 4 is 46.7 Å². The van der Waals surface area contributed by atoms with Crippen LogP contribution in [0.4, 0.5) is 4.79 Å². The highest BCUT2D eigenvalue weighted by molar-refractivity contribution is 7.80. The Labute approximate surface area is 153 Å². The molecule has 0 saturated carbocycles. The van der Waals surface area contributed by atoms with Crippen LogP contribution in [-0.4, -0.2) is 64.5 Å². The van der Waals surface area contributed by atoms with Gasteiger partial charge in [-0.15, -0.1) is 0 Å². The highest BCUT2D eigenvalue weighted by atomic mass is 35.5. The molecule has 25 heavy (non-hydrogen) atoms. The van der Waals surface area contributed by atoms with Gasteiger partial charge in [0, 0.05) is 31.7 Å². The van der Waals surface area contributed by atoms with Crippen LogP contribution in [0.5, 0.6) is 11.5 Å². The van der Waals surface area contributed by atoms with Crippen molar-refractivity contribution in [2.75, 3.05) is 20.9 Å². The summed E-state index contributed by atoms with van der Waals surface area (Å²) in [4.78, 5) is 33.0. The quantitative estimate of drug-likeness (QED) is 0.723. The van der Waals surface area contributed by atoms with Gasteiger partial charge in [-0.1, -0.05) is 11.6 Å². The molecule has 130 valence electrons. The molecule has 0 aromatic heterocycles. The minimum absolute atomic E-state index is 0.142. The van der Waals surface area contributed by atoms with Gasteiger partial charge < -0.3 is 14.4 Å². The molecule has 1 fully saturated rings. The Balaban J connectivity index is 1.67. The van der Waals surface area contributed by atoms with Crippen LogP contribution < -0.4 is 9.47 Å². The Morgan fingerprint density at radius 1 is 1.24 bits per heavy atom. The number of benzene rings is 1. The lowest BCUT2D eigenvalue weighted by molar-refractivity contribution is -0.130. The van der Waals surface area contributed by atoms with Crippen LogP contribution in [0.25, 0.3) is 0 Å². The fraction of sp³-hybridized carbons (Fsp3) is 0.333. The lowest BCUT2D eigenvalue weighted by Gasteiger charge is -2.36. The number of imide groups is 1. The normalized spacial score (nSPS) is 21.9. The Morgan fingerprint density at radius 3 is 2.64 bits per heavy atom. The summed E-state index contributed by atoms with van der Waals surface area (Å²) < 4.78 is 10.7. The molecule has 0 bridgehead atoms. The van der Waals surface area contributed by atoms with Gasteiger partial charge in [-0.3, -0.25) is 14.6 Å². The lowest BCUT2D eigenvalue weighted by atomic mass is 10.1. The van der Waals surface area contributed by atoms with Crippen LogP contribution in [-0.2, 0) is 11.3 Å². The van der Waals surface area contributed by atoms with E-state index < -0.39 is 12.1 Å². The second kappa shape index (κ2) is 5.57. The number of thiocarbonyl (C=S) groups is 1. The molecule has 1 saturated heterocycles. The molecule has 3 amide bonds. The smallest absolute Gasteiger partial charge is 0.331 e. The third-order valence-corrected chi connectivity index (χ3v) is 5.05. The van der Waals surface area contributed by atoms with Crippen LogP contribution >= 0.6 is 23.8 Å². The van der Waals surface area contributed by atoms with Gasteiger partial charge in [0.25, 0.3) is 5.91 Å². The third-order valence-electron chi connectivity index (χ3n) is 4.38. The van der Waals surface area contributed by atoms with Crippen molar-refractivity contribution in [1.82, 2.24) is 14.7 Å². The van der Waals surface area contributed by atoms with Crippen molar-refractivity contribution < 1.29 is 19.1 Å². The number of amidine groups is 1. The molecular weight excluding hydrogens is 368 g/mol. The number of hydrogen-bond donors (Lipinski definition) is 0. The zero-order valence-corrected chi connectivity index (χ0v) is 14.9. The van der Waals surface area contributed by atoms with Crippen molar-refractivity contribution in [3.63, 3.8) is 0 Å². The maximum Gasteiger partial charge on any atom is 0.331 e. The molecule has 1 aromatic carbocycles. The first-order valence-electron chi connectivity index (χ1n) is 7.41.